The monoisotopic (exact) mass is 343 g/mol. The van der Waals surface area contributed by atoms with Crippen LogP contribution in [0.5, 0.6) is 0 Å². The van der Waals surface area contributed by atoms with Gasteiger partial charge in [0.05, 0.1) is 5.92 Å². The predicted octanol–water partition coefficient (Wildman–Crippen LogP) is 2.17. The number of hydrogen-bond donors (Lipinski definition) is 1. The minimum absolute atomic E-state index is 0.0595. The van der Waals surface area contributed by atoms with E-state index >= 15 is 0 Å². The van der Waals surface area contributed by atoms with Crippen molar-refractivity contribution in [3.05, 3.63) is 28.8 Å². The first-order chi connectivity index (χ1) is 11.8. The SMILES string of the molecule is Cc1cc(C)c(N2CC(C(=O)N3CCNC(C)C3C)CC2=O)c(C)c1. The highest BCUT2D eigenvalue weighted by molar-refractivity contribution is 6.01. The van der Waals surface area contributed by atoms with Crippen molar-refractivity contribution < 1.29 is 9.59 Å². The number of hydrogen-bond acceptors (Lipinski definition) is 3. The van der Waals surface area contributed by atoms with E-state index in [1.54, 1.807) is 0 Å². The van der Waals surface area contributed by atoms with Gasteiger partial charge < -0.3 is 15.1 Å². The fourth-order valence-electron chi connectivity index (χ4n) is 4.29. The van der Waals surface area contributed by atoms with E-state index in [1.807, 2.05) is 23.6 Å². The molecular weight excluding hydrogens is 314 g/mol. The average Bonchev–Trinajstić information content (AvgIpc) is 2.90. The number of carbonyl (C=O) groups excluding carboxylic acids is 2. The Hall–Kier alpha value is -1.88. The van der Waals surface area contributed by atoms with E-state index in [0.29, 0.717) is 13.0 Å². The Labute approximate surface area is 150 Å². The van der Waals surface area contributed by atoms with Crippen LogP contribution in [0.4, 0.5) is 5.69 Å². The molecule has 1 aromatic rings. The molecule has 2 fully saturated rings. The molecule has 5 nitrogen and oxygen atoms in total. The second kappa shape index (κ2) is 6.79. The number of piperazine rings is 1. The second-order valence-electron chi connectivity index (χ2n) is 7.67. The molecule has 2 heterocycles. The minimum atomic E-state index is -0.236. The first-order valence-electron chi connectivity index (χ1n) is 9.21. The smallest absolute Gasteiger partial charge is 0.228 e. The quantitative estimate of drug-likeness (QED) is 0.895. The Morgan fingerprint density at radius 1 is 1.16 bits per heavy atom. The molecule has 0 aromatic heterocycles. The molecule has 0 bridgehead atoms. The molecular formula is C20H29N3O2. The average molecular weight is 343 g/mol. The Morgan fingerprint density at radius 2 is 1.80 bits per heavy atom. The highest BCUT2D eigenvalue weighted by atomic mass is 16.2. The summed E-state index contributed by atoms with van der Waals surface area (Å²) in [6.45, 7) is 12.4. The summed E-state index contributed by atoms with van der Waals surface area (Å²) in [6, 6.07) is 4.65. The minimum Gasteiger partial charge on any atom is -0.337 e. The van der Waals surface area contributed by atoms with E-state index in [4.69, 9.17) is 0 Å². The van der Waals surface area contributed by atoms with Gasteiger partial charge in [0.1, 0.15) is 0 Å². The number of rotatable bonds is 2. The maximum Gasteiger partial charge on any atom is 0.228 e. The molecule has 3 unspecified atom stereocenters. The maximum absolute atomic E-state index is 13.0. The van der Waals surface area contributed by atoms with Gasteiger partial charge in [-0.05, 0) is 45.7 Å². The number of carbonyl (C=O) groups is 2. The highest BCUT2D eigenvalue weighted by Crippen LogP contribution is 2.32. The first kappa shape index (κ1) is 17.9. The first-order valence-corrected chi connectivity index (χ1v) is 9.21. The summed E-state index contributed by atoms with van der Waals surface area (Å²) >= 11 is 0. The van der Waals surface area contributed by atoms with Crippen molar-refractivity contribution in [1.82, 2.24) is 10.2 Å². The van der Waals surface area contributed by atoms with Crippen LogP contribution in [-0.4, -0.2) is 48.4 Å². The normalized spacial score (nSPS) is 27.1. The Kier molecular flexibility index (Phi) is 4.87. The van der Waals surface area contributed by atoms with Crippen LogP contribution >= 0.6 is 0 Å². The zero-order chi connectivity index (χ0) is 18.3. The van der Waals surface area contributed by atoms with Crippen LogP contribution in [0, 0.1) is 26.7 Å². The summed E-state index contributed by atoms with van der Waals surface area (Å²) < 4.78 is 0. The summed E-state index contributed by atoms with van der Waals surface area (Å²) in [6.07, 6.45) is 0.316. The van der Waals surface area contributed by atoms with Crippen LogP contribution in [-0.2, 0) is 9.59 Å². The van der Waals surface area contributed by atoms with Crippen molar-refractivity contribution in [3.8, 4) is 0 Å². The van der Waals surface area contributed by atoms with E-state index in [2.05, 4.69) is 38.2 Å². The van der Waals surface area contributed by atoms with E-state index < -0.39 is 0 Å². The third-order valence-electron chi connectivity index (χ3n) is 5.70. The predicted molar refractivity (Wildman–Crippen MR) is 99.8 cm³/mol. The molecule has 2 aliphatic heterocycles. The molecule has 2 aliphatic rings. The lowest BCUT2D eigenvalue weighted by molar-refractivity contribution is -0.139. The number of anilines is 1. The lowest BCUT2D eigenvalue weighted by Gasteiger charge is -2.39. The van der Waals surface area contributed by atoms with Gasteiger partial charge in [0, 0.05) is 43.8 Å². The van der Waals surface area contributed by atoms with Crippen molar-refractivity contribution in [1.29, 1.82) is 0 Å². The lowest BCUT2D eigenvalue weighted by atomic mass is 10.0. The zero-order valence-electron chi connectivity index (χ0n) is 15.9. The lowest BCUT2D eigenvalue weighted by Crippen LogP contribution is -2.58. The van der Waals surface area contributed by atoms with Crippen molar-refractivity contribution >= 4 is 17.5 Å². The van der Waals surface area contributed by atoms with Crippen molar-refractivity contribution in [2.24, 2.45) is 5.92 Å². The van der Waals surface area contributed by atoms with Gasteiger partial charge in [-0.15, -0.1) is 0 Å². The van der Waals surface area contributed by atoms with Gasteiger partial charge in [-0.3, -0.25) is 9.59 Å². The van der Waals surface area contributed by atoms with Crippen LogP contribution < -0.4 is 10.2 Å². The molecule has 1 N–H and O–H groups in total. The van der Waals surface area contributed by atoms with Crippen LogP contribution in [0.1, 0.15) is 37.0 Å². The van der Waals surface area contributed by atoms with Crippen molar-refractivity contribution in [2.45, 2.75) is 53.1 Å². The van der Waals surface area contributed by atoms with Crippen molar-refractivity contribution in [2.75, 3.05) is 24.5 Å². The van der Waals surface area contributed by atoms with Gasteiger partial charge in [-0.2, -0.15) is 0 Å². The third-order valence-corrected chi connectivity index (χ3v) is 5.70. The van der Waals surface area contributed by atoms with E-state index in [-0.39, 0.29) is 29.8 Å². The van der Waals surface area contributed by atoms with Crippen LogP contribution in [0.15, 0.2) is 12.1 Å². The molecule has 0 radical (unpaired) electrons. The second-order valence-corrected chi connectivity index (χ2v) is 7.67. The van der Waals surface area contributed by atoms with Crippen molar-refractivity contribution in [3.63, 3.8) is 0 Å². The summed E-state index contributed by atoms with van der Waals surface area (Å²) in [5, 5.41) is 3.40. The largest absolute Gasteiger partial charge is 0.337 e. The molecule has 1 aromatic carbocycles. The zero-order valence-corrected chi connectivity index (χ0v) is 15.9. The van der Waals surface area contributed by atoms with Gasteiger partial charge in [-0.25, -0.2) is 0 Å². The van der Waals surface area contributed by atoms with Gasteiger partial charge in [-0.1, -0.05) is 17.7 Å². The van der Waals surface area contributed by atoms with E-state index in [0.717, 1.165) is 29.9 Å². The van der Waals surface area contributed by atoms with Crippen LogP contribution in [0.25, 0.3) is 0 Å². The molecule has 0 saturated carbocycles. The Morgan fingerprint density at radius 3 is 2.44 bits per heavy atom. The molecule has 136 valence electrons. The van der Waals surface area contributed by atoms with Gasteiger partial charge >= 0.3 is 0 Å². The van der Waals surface area contributed by atoms with Crippen LogP contribution in [0.3, 0.4) is 0 Å². The molecule has 0 aliphatic carbocycles. The van der Waals surface area contributed by atoms with Gasteiger partial charge in [0.15, 0.2) is 0 Å². The standard InChI is InChI=1S/C20H29N3O2/c1-12-8-13(2)19(14(3)9-12)23-11-17(10-18(23)24)20(25)22-7-6-21-15(4)16(22)5/h8-9,15-17,21H,6-7,10-11H2,1-5H3. The Balaban J connectivity index is 1.80. The van der Waals surface area contributed by atoms with E-state index in [1.165, 1.54) is 5.56 Å². The summed E-state index contributed by atoms with van der Waals surface area (Å²) in [4.78, 5) is 29.5. The molecule has 5 heteroatoms. The molecule has 3 rings (SSSR count). The molecule has 0 spiro atoms. The van der Waals surface area contributed by atoms with Gasteiger partial charge in [0.25, 0.3) is 0 Å². The number of benzene rings is 1. The van der Waals surface area contributed by atoms with E-state index in [9.17, 15) is 9.59 Å². The topological polar surface area (TPSA) is 52.7 Å². The molecule has 3 atom stereocenters. The summed E-state index contributed by atoms with van der Waals surface area (Å²) in [7, 11) is 0. The summed E-state index contributed by atoms with van der Waals surface area (Å²) in [5.74, 6) is -0.0521. The number of aryl methyl sites for hydroxylation is 3. The fraction of sp³-hybridized carbons (Fsp3) is 0.600. The fourth-order valence-corrected chi connectivity index (χ4v) is 4.29. The number of nitrogens with zero attached hydrogens (tertiary/aromatic N) is 2. The molecule has 25 heavy (non-hydrogen) atoms. The highest BCUT2D eigenvalue weighted by Gasteiger charge is 2.40. The van der Waals surface area contributed by atoms with Gasteiger partial charge in [0.2, 0.25) is 11.8 Å². The summed E-state index contributed by atoms with van der Waals surface area (Å²) in [5.41, 5.74) is 4.38. The Bertz CT molecular complexity index is 677. The molecule has 2 saturated heterocycles. The molecule has 2 amide bonds. The number of nitrogens with one attached hydrogen (secondary N) is 1. The maximum atomic E-state index is 13.0. The third kappa shape index (κ3) is 3.30. The van der Waals surface area contributed by atoms with Crippen LogP contribution in [0.2, 0.25) is 0 Å². The number of amides is 2.